The quantitative estimate of drug-likeness (QED) is 0.886. The lowest BCUT2D eigenvalue weighted by molar-refractivity contribution is -0.140. The molecule has 1 fully saturated rings. The number of carbonyl (C=O) groups is 1. The molecule has 1 amide bonds. The molecule has 0 saturated carbocycles. The molecular weight excluding hydrogens is 327 g/mol. The van der Waals surface area contributed by atoms with E-state index in [2.05, 4.69) is 0 Å². The van der Waals surface area contributed by atoms with Crippen molar-refractivity contribution in [3.05, 3.63) is 35.6 Å². The smallest absolute Gasteiger partial charge is 0.239 e. The third-order valence-electron chi connectivity index (χ3n) is 3.57. The molecule has 0 aliphatic carbocycles. The summed E-state index contributed by atoms with van der Waals surface area (Å²) in [6, 6.07) is 5.75. The number of rotatable bonds is 5. The van der Waals surface area contributed by atoms with Crippen LogP contribution < -0.4 is 5.73 Å². The van der Waals surface area contributed by atoms with Crippen LogP contribution in [0.1, 0.15) is 18.1 Å². The molecule has 1 unspecified atom stereocenters. The molecule has 1 aromatic rings. The summed E-state index contributed by atoms with van der Waals surface area (Å²) >= 11 is 1.68. The number of halogens is 2. The fraction of sp³-hybridized carbons (Fsp3) is 0.533. The van der Waals surface area contributed by atoms with Crippen LogP contribution in [-0.2, 0) is 9.53 Å². The van der Waals surface area contributed by atoms with Crippen molar-refractivity contribution in [3.63, 3.8) is 0 Å². The third-order valence-corrected chi connectivity index (χ3v) is 4.21. The van der Waals surface area contributed by atoms with Crippen LogP contribution in [0.2, 0.25) is 0 Å². The predicted octanol–water partition coefficient (Wildman–Crippen LogP) is 2.23. The van der Waals surface area contributed by atoms with E-state index in [1.165, 1.54) is 12.1 Å². The summed E-state index contributed by atoms with van der Waals surface area (Å²) in [6.07, 6.45) is 2.46. The second-order valence-corrected chi connectivity index (χ2v) is 6.07. The summed E-state index contributed by atoms with van der Waals surface area (Å²) < 4.78 is 18.6. The second-order valence-electron chi connectivity index (χ2n) is 5.08. The van der Waals surface area contributed by atoms with Gasteiger partial charge in [-0.1, -0.05) is 12.1 Å². The zero-order valence-electron chi connectivity index (χ0n) is 12.5. The van der Waals surface area contributed by atoms with E-state index in [4.69, 9.17) is 10.5 Å². The number of amides is 1. The average Bonchev–Trinajstić information content (AvgIpc) is 2.52. The van der Waals surface area contributed by atoms with Crippen LogP contribution in [-0.4, -0.2) is 48.6 Å². The summed E-state index contributed by atoms with van der Waals surface area (Å²) in [5, 5.41) is 0. The monoisotopic (exact) mass is 348 g/mol. The lowest BCUT2D eigenvalue weighted by Crippen LogP contribution is -2.49. The molecule has 1 heterocycles. The Morgan fingerprint density at radius 3 is 2.82 bits per heavy atom. The van der Waals surface area contributed by atoms with Crippen molar-refractivity contribution >= 4 is 30.1 Å². The van der Waals surface area contributed by atoms with Gasteiger partial charge < -0.3 is 15.4 Å². The molecule has 1 aliphatic heterocycles. The van der Waals surface area contributed by atoms with Crippen molar-refractivity contribution < 1.29 is 13.9 Å². The van der Waals surface area contributed by atoms with Gasteiger partial charge in [0.05, 0.1) is 19.2 Å². The van der Waals surface area contributed by atoms with Gasteiger partial charge in [0.2, 0.25) is 5.91 Å². The molecule has 2 N–H and O–H groups in total. The molecular formula is C15H22ClFN2O2S. The van der Waals surface area contributed by atoms with Gasteiger partial charge in [0.25, 0.3) is 0 Å². The summed E-state index contributed by atoms with van der Waals surface area (Å²) in [6.45, 7) is 1.50. The van der Waals surface area contributed by atoms with Crippen LogP contribution >= 0.6 is 24.2 Å². The zero-order chi connectivity index (χ0) is 15.2. The maximum atomic E-state index is 13.0. The fourth-order valence-corrected chi connectivity index (χ4v) is 2.82. The maximum Gasteiger partial charge on any atom is 0.239 e. The minimum Gasteiger partial charge on any atom is -0.370 e. The Morgan fingerprint density at radius 2 is 2.18 bits per heavy atom. The zero-order valence-corrected chi connectivity index (χ0v) is 14.2. The number of nitrogens with two attached hydrogens (primary N) is 1. The molecule has 1 saturated heterocycles. The first-order valence-electron chi connectivity index (χ1n) is 7.02. The Hall–Kier alpha value is -0.820. The molecule has 22 heavy (non-hydrogen) atoms. The molecule has 1 aliphatic rings. The van der Waals surface area contributed by atoms with Crippen LogP contribution in [0.25, 0.3) is 0 Å². The van der Waals surface area contributed by atoms with Gasteiger partial charge in [0.15, 0.2) is 0 Å². The van der Waals surface area contributed by atoms with Gasteiger partial charge in [0, 0.05) is 6.54 Å². The highest BCUT2D eigenvalue weighted by atomic mass is 35.5. The number of ether oxygens (including phenoxy) is 1. The molecule has 0 bridgehead atoms. The lowest BCUT2D eigenvalue weighted by Gasteiger charge is -2.34. The van der Waals surface area contributed by atoms with Gasteiger partial charge in [-0.25, -0.2) is 4.39 Å². The van der Waals surface area contributed by atoms with Crippen LogP contribution in [0.15, 0.2) is 24.3 Å². The molecule has 4 nitrogen and oxygen atoms in total. The number of morpholine rings is 1. The number of benzene rings is 1. The van der Waals surface area contributed by atoms with Crippen molar-refractivity contribution in [2.45, 2.75) is 18.6 Å². The van der Waals surface area contributed by atoms with Crippen molar-refractivity contribution in [2.24, 2.45) is 5.73 Å². The lowest BCUT2D eigenvalue weighted by atomic mass is 10.1. The van der Waals surface area contributed by atoms with Crippen LogP contribution in [0.5, 0.6) is 0 Å². The van der Waals surface area contributed by atoms with Gasteiger partial charge in [-0.3, -0.25) is 4.79 Å². The van der Waals surface area contributed by atoms with Gasteiger partial charge in [-0.2, -0.15) is 11.8 Å². The van der Waals surface area contributed by atoms with E-state index >= 15 is 0 Å². The van der Waals surface area contributed by atoms with Gasteiger partial charge >= 0.3 is 0 Å². The van der Waals surface area contributed by atoms with Crippen LogP contribution in [0.4, 0.5) is 4.39 Å². The molecule has 7 heteroatoms. The number of hydrogen-bond donors (Lipinski definition) is 1. The first kappa shape index (κ1) is 19.2. The first-order chi connectivity index (χ1) is 10.1. The number of thioether (sulfide) groups is 1. The maximum absolute atomic E-state index is 13.0. The van der Waals surface area contributed by atoms with Crippen LogP contribution in [0.3, 0.4) is 0 Å². The Kier molecular flexibility index (Phi) is 8.17. The number of nitrogens with zero attached hydrogens (tertiary/aromatic N) is 1. The van der Waals surface area contributed by atoms with E-state index in [-0.39, 0.29) is 30.2 Å². The van der Waals surface area contributed by atoms with E-state index in [0.29, 0.717) is 26.1 Å². The largest absolute Gasteiger partial charge is 0.370 e. The SMILES string of the molecule is CSCC[C@H](N)C(=O)N1CCOC(c2ccc(F)cc2)C1.Cl. The third kappa shape index (κ3) is 5.12. The molecule has 0 spiro atoms. The Morgan fingerprint density at radius 1 is 1.50 bits per heavy atom. The predicted molar refractivity (Wildman–Crippen MR) is 89.9 cm³/mol. The summed E-state index contributed by atoms with van der Waals surface area (Å²) in [5.41, 5.74) is 6.82. The van der Waals surface area contributed by atoms with Crippen molar-refractivity contribution in [1.82, 2.24) is 4.90 Å². The Balaban J connectivity index is 0.00000242. The average molecular weight is 349 g/mol. The first-order valence-corrected chi connectivity index (χ1v) is 8.41. The minimum absolute atomic E-state index is 0. The van der Waals surface area contributed by atoms with Gasteiger partial charge in [-0.05, 0) is 36.1 Å². The van der Waals surface area contributed by atoms with E-state index in [9.17, 15) is 9.18 Å². The summed E-state index contributed by atoms with van der Waals surface area (Å²) in [7, 11) is 0. The topological polar surface area (TPSA) is 55.6 Å². The summed E-state index contributed by atoms with van der Waals surface area (Å²) in [4.78, 5) is 14.1. The van der Waals surface area contributed by atoms with Crippen molar-refractivity contribution in [2.75, 3.05) is 31.7 Å². The van der Waals surface area contributed by atoms with Crippen molar-refractivity contribution in [3.8, 4) is 0 Å². The van der Waals surface area contributed by atoms with E-state index in [1.54, 1.807) is 28.8 Å². The highest BCUT2D eigenvalue weighted by Crippen LogP contribution is 2.23. The van der Waals surface area contributed by atoms with E-state index < -0.39 is 6.04 Å². The number of carbonyl (C=O) groups excluding carboxylic acids is 1. The normalized spacial score (nSPS) is 19.4. The molecule has 1 aromatic carbocycles. The fourth-order valence-electron chi connectivity index (χ4n) is 2.33. The van der Waals surface area contributed by atoms with Gasteiger partial charge in [-0.15, -0.1) is 12.4 Å². The highest BCUT2D eigenvalue weighted by Gasteiger charge is 2.28. The highest BCUT2D eigenvalue weighted by molar-refractivity contribution is 7.98. The standard InChI is InChI=1S/C15H21FN2O2S.ClH/c1-21-9-6-13(17)15(19)18-7-8-20-14(10-18)11-2-4-12(16)5-3-11;/h2-5,13-14H,6-10,17H2,1H3;1H/t13-,14?;/m0./s1. The van der Waals surface area contributed by atoms with Crippen LogP contribution in [0, 0.1) is 5.82 Å². The van der Waals surface area contributed by atoms with E-state index in [0.717, 1.165) is 11.3 Å². The molecule has 2 atom stereocenters. The van der Waals surface area contributed by atoms with Gasteiger partial charge in [0.1, 0.15) is 11.9 Å². The van der Waals surface area contributed by atoms with Crippen molar-refractivity contribution in [1.29, 1.82) is 0 Å². The Labute approximate surface area is 141 Å². The van der Waals surface area contributed by atoms with E-state index in [1.807, 2.05) is 6.26 Å². The molecule has 124 valence electrons. The second kappa shape index (κ2) is 9.35. The summed E-state index contributed by atoms with van der Waals surface area (Å²) in [5.74, 6) is 0.569. The molecule has 0 aromatic heterocycles. The minimum atomic E-state index is -0.454. The Bertz CT molecular complexity index is 475. The molecule has 0 radical (unpaired) electrons. The number of hydrogen-bond acceptors (Lipinski definition) is 4. The molecule has 2 rings (SSSR count).